The molecule has 0 bridgehead atoms. The number of urea groups is 1. The van der Waals surface area contributed by atoms with E-state index in [0.717, 1.165) is 21.6 Å². The summed E-state index contributed by atoms with van der Waals surface area (Å²) in [6.45, 7) is 2.65. The Morgan fingerprint density at radius 3 is 2.27 bits per heavy atom. The van der Waals surface area contributed by atoms with Gasteiger partial charge in [-0.1, -0.05) is 71.8 Å². The maximum absolute atomic E-state index is 13.4. The van der Waals surface area contributed by atoms with E-state index in [-0.39, 0.29) is 5.57 Å². The van der Waals surface area contributed by atoms with Crippen molar-refractivity contribution in [2.75, 3.05) is 4.90 Å². The van der Waals surface area contributed by atoms with Crippen molar-refractivity contribution in [2.24, 2.45) is 0 Å². The molecule has 0 aromatic heterocycles. The maximum atomic E-state index is 13.4. The Bertz CT molecular complexity index is 1600. The molecule has 200 valence electrons. The molecule has 4 aromatic carbocycles. The minimum atomic E-state index is -0.828. The minimum absolute atomic E-state index is 0.186. The molecule has 40 heavy (non-hydrogen) atoms. The third-order valence-corrected chi connectivity index (χ3v) is 6.46. The smallest absolute Gasteiger partial charge is 0.335 e. The number of hydrogen-bond donors (Lipinski definition) is 1. The van der Waals surface area contributed by atoms with Gasteiger partial charge in [-0.2, -0.15) is 0 Å². The van der Waals surface area contributed by atoms with E-state index in [4.69, 9.17) is 21.1 Å². The SMILES string of the molecule is Cc1cccc(COc2ccccc2/C=C2\C(=O)NC(=O)N(c3ccc(OCc4ccc(Cl)cc4)cc3)C2=O)c1. The van der Waals surface area contributed by atoms with Gasteiger partial charge in [0.1, 0.15) is 30.3 Å². The summed E-state index contributed by atoms with van der Waals surface area (Å²) in [5, 5.41) is 2.90. The number of carbonyl (C=O) groups is 3. The standard InChI is InChI=1S/C32H25ClN2O5/c1-21-5-4-6-23(17-21)20-40-29-8-3-2-7-24(29)18-28-30(36)34-32(38)35(31(28)37)26-13-15-27(16-14-26)39-19-22-9-11-25(33)12-10-22/h2-18H,19-20H2,1H3,(H,34,36,38)/b28-18+. The number of nitrogens with zero attached hydrogens (tertiary/aromatic N) is 1. The number of barbiturate groups is 1. The average molecular weight is 553 g/mol. The molecular formula is C32H25ClN2O5. The summed E-state index contributed by atoms with van der Waals surface area (Å²) >= 11 is 5.92. The number of aryl methyl sites for hydroxylation is 1. The van der Waals surface area contributed by atoms with Gasteiger partial charge < -0.3 is 9.47 Å². The van der Waals surface area contributed by atoms with Crippen LogP contribution >= 0.6 is 11.6 Å². The summed E-state index contributed by atoms with van der Waals surface area (Å²) in [6.07, 6.45) is 1.44. The molecule has 5 rings (SSSR count). The van der Waals surface area contributed by atoms with Crippen LogP contribution in [-0.2, 0) is 22.8 Å². The zero-order valence-electron chi connectivity index (χ0n) is 21.6. The fraction of sp³-hybridized carbons (Fsp3) is 0.0938. The quantitative estimate of drug-likeness (QED) is 0.200. The third-order valence-electron chi connectivity index (χ3n) is 6.21. The molecule has 0 spiro atoms. The first-order valence-corrected chi connectivity index (χ1v) is 12.9. The molecule has 1 saturated heterocycles. The molecule has 0 radical (unpaired) electrons. The first-order valence-electron chi connectivity index (χ1n) is 12.5. The van der Waals surface area contributed by atoms with Crippen molar-refractivity contribution in [1.29, 1.82) is 0 Å². The number of halogens is 1. The van der Waals surface area contributed by atoms with Gasteiger partial charge in [-0.3, -0.25) is 14.9 Å². The summed E-state index contributed by atoms with van der Waals surface area (Å²) in [5.41, 5.74) is 3.69. The summed E-state index contributed by atoms with van der Waals surface area (Å²) < 4.78 is 11.8. The summed E-state index contributed by atoms with van der Waals surface area (Å²) in [4.78, 5) is 39.7. The van der Waals surface area contributed by atoms with Crippen LogP contribution in [0.3, 0.4) is 0 Å². The van der Waals surface area contributed by atoms with Crippen LogP contribution in [0, 0.1) is 6.92 Å². The molecule has 8 heteroatoms. The fourth-order valence-electron chi connectivity index (χ4n) is 4.18. The number of ether oxygens (including phenoxy) is 2. The van der Waals surface area contributed by atoms with E-state index < -0.39 is 17.8 Å². The van der Waals surface area contributed by atoms with Crippen LogP contribution in [0.1, 0.15) is 22.3 Å². The van der Waals surface area contributed by atoms with Gasteiger partial charge in [-0.05, 0) is 66.6 Å². The van der Waals surface area contributed by atoms with Gasteiger partial charge in [0.05, 0.1) is 5.69 Å². The van der Waals surface area contributed by atoms with E-state index in [1.165, 1.54) is 6.08 Å². The lowest BCUT2D eigenvalue weighted by Gasteiger charge is -2.26. The van der Waals surface area contributed by atoms with E-state index in [0.29, 0.717) is 41.0 Å². The number of rotatable bonds is 8. The number of para-hydroxylation sites is 1. The van der Waals surface area contributed by atoms with Gasteiger partial charge in [0.15, 0.2) is 0 Å². The molecule has 1 aliphatic rings. The van der Waals surface area contributed by atoms with Crippen molar-refractivity contribution in [2.45, 2.75) is 20.1 Å². The zero-order chi connectivity index (χ0) is 28.1. The Hall–Kier alpha value is -4.88. The predicted molar refractivity (Wildman–Crippen MR) is 153 cm³/mol. The Morgan fingerprint density at radius 2 is 1.52 bits per heavy atom. The lowest BCUT2D eigenvalue weighted by molar-refractivity contribution is -0.122. The van der Waals surface area contributed by atoms with Crippen LogP contribution in [0.2, 0.25) is 5.02 Å². The molecule has 0 atom stereocenters. The van der Waals surface area contributed by atoms with Crippen molar-refractivity contribution in [3.63, 3.8) is 0 Å². The van der Waals surface area contributed by atoms with E-state index in [1.807, 2.05) is 49.4 Å². The Balaban J connectivity index is 1.33. The van der Waals surface area contributed by atoms with E-state index in [9.17, 15) is 14.4 Å². The van der Waals surface area contributed by atoms with Crippen LogP contribution in [0.15, 0.2) is 103 Å². The van der Waals surface area contributed by atoms with E-state index in [2.05, 4.69) is 5.32 Å². The Labute approximate surface area is 236 Å². The lowest BCUT2D eigenvalue weighted by atomic mass is 10.1. The number of anilines is 1. The van der Waals surface area contributed by atoms with Crippen LogP contribution in [-0.4, -0.2) is 17.8 Å². The van der Waals surface area contributed by atoms with Gasteiger partial charge >= 0.3 is 6.03 Å². The van der Waals surface area contributed by atoms with Gasteiger partial charge in [-0.25, -0.2) is 9.69 Å². The number of carbonyl (C=O) groups excluding carboxylic acids is 3. The second kappa shape index (κ2) is 11.9. The maximum Gasteiger partial charge on any atom is 0.335 e. The first-order chi connectivity index (χ1) is 19.4. The monoisotopic (exact) mass is 552 g/mol. The largest absolute Gasteiger partial charge is 0.489 e. The highest BCUT2D eigenvalue weighted by molar-refractivity contribution is 6.39. The highest BCUT2D eigenvalue weighted by Gasteiger charge is 2.37. The second-order valence-corrected chi connectivity index (χ2v) is 9.62. The van der Waals surface area contributed by atoms with Crippen LogP contribution < -0.4 is 19.7 Å². The number of benzene rings is 4. The molecule has 0 aliphatic carbocycles. The molecule has 1 N–H and O–H groups in total. The second-order valence-electron chi connectivity index (χ2n) is 9.18. The molecule has 0 unspecified atom stereocenters. The normalized spacial score (nSPS) is 14.3. The molecule has 1 fully saturated rings. The molecule has 1 heterocycles. The minimum Gasteiger partial charge on any atom is -0.489 e. The first kappa shape index (κ1) is 26.7. The van der Waals surface area contributed by atoms with Crippen molar-refractivity contribution in [1.82, 2.24) is 5.32 Å². The van der Waals surface area contributed by atoms with Crippen LogP contribution in [0.5, 0.6) is 11.5 Å². The van der Waals surface area contributed by atoms with Gasteiger partial charge in [0.2, 0.25) is 0 Å². The predicted octanol–water partition coefficient (Wildman–Crippen LogP) is 6.47. The Kier molecular flexibility index (Phi) is 7.94. The Morgan fingerprint density at radius 1 is 0.800 bits per heavy atom. The lowest BCUT2D eigenvalue weighted by Crippen LogP contribution is -2.54. The van der Waals surface area contributed by atoms with Crippen LogP contribution in [0.4, 0.5) is 10.5 Å². The summed E-state index contributed by atoms with van der Waals surface area (Å²) in [6, 6.07) is 28.0. The summed E-state index contributed by atoms with van der Waals surface area (Å²) in [5.74, 6) is -0.461. The van der Waals surface area contributed by atoms with Gasteiger partial charge in [-0.15, -0.1) is 0 Å². The number of hydrogen-bond acceptors (Lipinski definition) is 5. The third kappa shape index (κ3) is 6.22. The van der Waals surface area contributed by atoms with Gasteiger partial charge in [0.25, 0.3) is 11.8 Å². The van der Waals surface area contributed by atoms with Crippen LogP contribution in [0.25, 0.3) is 6.08 Å². The van der Waals surface area contributed by atoms with Gasteiger partial charge in [0, 0.05) is 10.6 Å². The average Bonchev–Trinajstić information content (AvgIpc) is 2.95. The zero-order valence-corrected chi connectivity index (χ0v) is 22.4. The van der Waals surface area contributed by atoms with Crippen molar-refractivity contribution in [3.8, 4) is 11.5 Å². The fourth-order valence-corrected chi connectivity index (χ4v) is 4.31. The number of nitrogens with one attached hydrogen (secondary N) is 1. The van der Waals surface area contributed by atoms with Crippen molar-refractivity contribution in [3.05, 3.63) is 130 Å². The highest BCUT2D eigenvalue weighted by atomic mass is 35.5. The number of amides is 4. The topological polar surface area (TPSA) is 84.9 Å². The molecule has 0 saturated carbocycles. The van der Waals surface area contributed by atoms with E-state index in [1.54, 1.807) is 54.6 Å². The molecule has 4 aromatic rings. The molecule has 7 nitrogen and oxygen atoms in total. The molecular weight excluding hydrogens is 528 g/mol. The summed E-state index contributed by atoms with van der Waals surface area (Å²) in [7, 11) is 0. The molecule has 4 amide bonds. The number of imide groups is 2. The highest BCUT2D eigenvalue weighted by Crippen LogP contribution is 2.27. The van der Waals surface area contributed by atoms with Crippen molar-refractivity contribution >= 4 is 41.2 Å². The van der Waals surface area contributed by atoms with E-state index >= 15 is 0 Å². The molecule has 1 aliphatic heterocycles. The van der Waals surface area contributed by atoms with Crippen molar-refractivity contribution < 1.29 is 23.9 Å².